The van der Waals surface area contributed by atoms with Crippen molar-refractivity contribution in [3.8, 4) is 12.1 Å². The summed E-state index contributed by atoms with van der Waals surface area (Å²) in [6.07, 6.45) is 2.21. The van der Waals surface area contributed by atoms with Crippen molar-refractivity contribution in [1.82, 2.24) is 29.8 Å². The number of amides is 1. The SMILES string of the molecule is CO[C@@H]1CN(C2CN(c3cc(C#N)cc(Nc4nc(NC5CC5)c5ncc(C#N)n5n4)c3Cl)C2)C[C@@H]1NC(=O)O. The minimum atomic E-state index is -1.07. The highest BCUT2D eigenvalue weighted by molar-refractivity contribution is 6.36. The molecule has 2 atom stereocenters. The lowest BCUT2D eigenvalue weighted by Crippen LogP contribution is -2.59. The van der Waals surface area contributed by atoms with E-state index < -0.39 is 6.09 Å². The van der Waals surface area contributed by atoms with Gasteiger partial charge in [0, 0.05) is 45.4 Å². The van der Waals surface area contributed by atoms with E-state index in [1.54, 1.807) is 19.2 Å². The van der Waals surface area contributed by atoms with Crippen LogP contribution in [0.2, 0.25) is 5.02 Å². The van der Waals surface area contributed by atoms with Gasteiger partial charge in [-0.2, -0.15) is 20.0 Å². The Hall–Kier alpha value is -4.37. The molecule has 3 aromatic rings. The molecule has 206 valence electrons. The number of nitrogens with zero attached hydrogens (tertiary/aromatic N) is 8. The van der Waals surface area contributed by atoms with E-state index in [4.69, 9.17) is 21.4 Å². The van der Waals surface area contributed by atoms with Crippen LogP contribution in [0.1, 0.15) is 24.1 Å². The molecule has 40 heavy (non-hydrogen) atoms. The van der Waals surface area contributed by atoms with Gasteiger partial charge in [-0.15, -0.1) is 5.10 Å². The van der Waals surface area contributed by atoms with Crippen molar-refractivity contribution in [2.75, 3.05) is 48.8 Å². The first-order valence-corrected chi connectivity index (χ1v) is 13.2. The van der Waals surface area contributed by atoms with E-state index in [0.29, 0.717) is 65.6 Å². The first kappa shape index (κ1) is 25.9. The number of carbonyl (C=O) groups is 1. The summed E-state index contributed by atoms with van der Waals surface area (Å²) in [6, 6.07) is 7.84. The molecule has 14 nitrogen and oxygen atoms in total. The van der Waals surface area contributed by atoms with Crippen molar-refractivity contribution < 1.29 is 14.6 Å². The third kappa shape index (κ3) is 4.88. The second-order valence-corrected chi connectivity index (χ2v) is 10.5. The van der Waals surface area contributed by atoms with Gasteiger partial charge in [0.05, 0.1) is 46.4 Å². The van der Waals surface area contributed by atoms with Crippen molar-refractivity contribution in [3.63, 3.8) is 0 Å². The quantitative estimate of drug-likeness (QED) is 0.313. The highest BCUT2D eigenvalue weighted by atomic mass is 35.5. The molecule has 3 aliphatic rings. The molecule has 3 fully saturated rings. The number of nitriles is 2. The topological polar surface area (TPSA) is 180 Å². The Morgan fingerprint density at radius 1 is 1.20 bits per heavy atom. The normalized spacial score (nSPS) is 21.1. The zero-order valence-electron chi connectivity index (χ0n) is 21.5. The molecule has 0 spiro atoms. The van der Waals surface area contributed by atoms with Crippen LogP contribution in [0.15, 0.2) is 18.3 Å². The van der Waals surface area contributed by atoms with Gasteiger partial charge in [0.25, 0.3) is 0 Å². The van der Waals surface area contributed by atoms with Crippen LogP contribution < -0.4 is 20.9 Å². The first-order valence-electron chi connectivity index (χ1n) is 12.8. The molecule has 4 N–H and O–H groups in total. The van der Waals surface area contributed by atoms with E-state index in [1.807, 2.05) is 0 Å². The van der Waals surface area contributed by atoms with Gasteiger partial charge < -0.3 is 30.7 Å². The molecule has 2 saturated heterocycles. The maximum atomic E-state index is 11.2. The fraction of sp³-hybridized carbons (Fsp3) is 0.440. The number of hydrogen-bond donors (Lipinski definition) is 4. The smallest absolute Gasteiger partial charge is 0.405 e. The Morgan fingerprint density at radius 2 is 2.00 bits per heavy atom. The lowest BCUT2D eigenvalue weighted by Gasteiger charge is -2.46. The Kier molecular flexibility index (Phi) is 6.67. The number of imidazole rings is 1. The Balaban J connectivity index is 1.23. The van der Waals surface area contributed by atoms with E-state index in [1.165, 1.54) is 10.7 Å². The van der Waals surface area contributed by atoms with Crippen LogP contribution in [0.3, 0.4) is 0 Å². The fourth-order valence-corrected chi connectivity index (χ4v) is 5.44. The Morgan fingerprint density at radius 3 is 2.67 bits per heavy atom. The van der Waals surface area contributed by atoms with Gasteiger partial charge >= 0.3 is 6.09 Å². The van der Waals surface area contributed by atoms with Gasteiger partial charge in [0.15, 0.2) is 17.2 Å². The lowest BCUT2D eigenvalue weighted by atomic mass is 10.0. The summed E-state index contributed by atoms with van der Waals surface area (Å²) >= 11 is 6.85. The minimum absolute atomic E-state index is 0.184. The molecular weight excluding hydrogens is 538 g/mol. The van der Waals surface area contributed by atoms with Crippen molar-refractivity contribution in [3.05, 3.63) is 34.6 Å². The van der Waals surface area contributed by atoms with E-state index in [-0.39, 0.29) is 29.8 Å². The second kappa shape index (κ2) is 10.3. The summed E-state index contributed by atoms with van der Waals surface area (Å²) in [5.74, 6) is 0.713. The monoisotopic (exact) mass is 563 g/mol. The number of hydrogen-bond acceptors (Lipinski definition) is 11. The van der Waals surface area contributed by atoms with Crippen LogP contribution in [0.4, 0.5) is 27.9 Å². The number of rotatable bonds is 8. The maximum absolute atomic E-state index is 11.2. The fourth-order valence-electron chi connectivity index (χ4n) is 5.16. The third-order valence-corrected chi connectivity index (χ3v) is 7.85. The third-order valence-electron chi connectivity index (χ3n) is 7.45. The predicted molar refractivity (Wildman–Crippen MR) is 145 cm³/mol. The van der Waals surface area contributed by atoms with E-state index in [9.17, 15) is 15.3 Å². The van der Waals surface area contributed by atoms with Crippen molar-refractivity contribution in [1.29, 1.82) is 10.5 Å². The number of benzene rings is 1. The van der Waals surface area contributed by atoms with Gasteiger partial charge in [-0.25, -0.2) is 9.78 Å². The number of anilines is 4. The predicted octanol–water partition coefficient (Wildman–Crippen LogP) is 1.99. The zero-order chi connectivity index (χ0) is 28.0. The number of nitrogens with one attached hydrogen (secondary N) is 3. The molecule has 2 aliphatic heterocycles. The Labute approximate surface area is 234 Å². The van der Waals surface area contributed by atoms with Gasteiger partial charge in [-0.3, -0.25) is 4.90 Å². The molecule has 4 heterocycles. The summed E-state index contributed by atoms with van der Waals surface area (Å²) < 4.78 is 6.92. The van der Waals surface area contributed by atoms with Gasteiger partial charge in [0.1, 0.15) is 6.07 Å². The van der Waals surface area contributed by atoms with Crippen molar-refractivity contribution in [2.24, 2.45) is 0 Å². The lowest BCUT2D eigenvalue weighted by molar-refractivity contribution is 0.0827. The number of carboxylic acid groups (broad SMARTS) is 1. The summed E-state index contributed by atoms with van der Waals surface area (Å²) in [5, 5.41) is 42.2. The van der Waals surface area contributed by atoms with Crippen LogP contribution in [0, 0.1) is 22.7 Å². The summed E-state index contributed by atoms with van der Waals surface area (Å²) in [5.41, 5.74) is 2.29. The number of halogens is 1. The number of ether oxygens (including phenoxy) is 1. The molecule has 1 amide bonds. The average molecular weight is 564 g/mol. The van der Waals surface area contributed by atoms with Crippen LogP contribution in [0.25, 0.3) is 5.65 Å². The van der Waals surface area contributed by atoms with E-state index >= 15 is 0 Å². The molecule has 2 aromatic heterocycles. The highest BCUT2D eigenvalue weighted by Gasteiger charge is 2.42. The van der Waals surface area contributed by atoms with Crippen molar-refractivity contribution >= 4 is 46.5 Å². The molecule has 15 heteroatoms. The number of methoxy groups -OCH3 is 1. The first-order chi connectivity index (χ1) is 19.4. The number of likely N-dealkylation sites (tertiary alicyclic amines) is 1. The van der Waals surface area contributed by atoms with Crippen LogP contribution in [0.5, 0.6) is 0 Å². The molecule has 1 aliphatic carbocycles. The summed E-state index contributed by atoms with van der Waals surface area (Å²) in [6.45, 7) is 2.48. The molecule has 0 unspecified atom stereocenters. The van der Waals surface area contributed by atoms with Gasteiger partial charge in [0.2, 0.25) is 5.95 Å². The van der Waals surface area contributed by atoms with E-state index in [0.717, 1.165) is 12.8 Å². The molecular formula is C25H26ClN11O3. The molecule has 0 bridgehead atoms. The standard InChI is InChI=1S/C25H26ClN11O3/c1-40-20-12-35(11-18(20)32-25(38)39)16-9-36(10-16)19-5-13(6-27)4-17(21(19)26)31-24-33-22(30-14-2-3-14)23-29-8-15(7-28)37(23)34-24/h4-5,8,14,16,18,20,32H,2-3,9-12H2,1H3,(H,38,39)(H2,30,31,33,34)/t18-,20+/m0/s1. The summed E-state index contributed by atoms with van der Waals surface area (Å²) in [7, 11) is 1.58. The Bertz CT molecular complexity index is 1550. The minimum Gasteiger partial charge on any atom is -0.465 e. The largest absolute Gasteiger partial charge is 0.465 e. The number of fused-ring (bicyclic) bond motifs is 1. The maximum Gasteiger partial charge on any atom is 0.405 e. The second-order valence-electron chi connectivity index (χ2n) is 10.1. The van der Waals surface area contributed by atoms with Gasteiger partial charge in [-0.1, -0.05) is 11.6 Å². The molecule has 1 aromatic carbocycles. The average Bonchev–Trinajstić information content (AvgIpc) is 3.48. The van der Waals surface area contributed by atoms with E-state index in [2.05, 4.69) is 53.0 Å². The van der Waals surface area contributed by atoms with Crippen LogP contribution >= 0.6 is 11.6 Å². The van der Waals surface area contributed by atoms with Crippen LogP contribution in [-0.4, -0.2) is 93.2 Å². The highest BCUT2D eigenvalue weighted by Crippen LogP contribution is 2.39. The van der Waals surface area contributed by atoms with Crippen molar-refractivity contribution in [2.45, 2.75) is 37.1 Å². The van der Waals surface area contributed by atoms with Crippen LogP contribution in [-0.2, 0) is 4.74 Å². The molecule has 1 saturated carbocycles. The zero-order valence-corrected chi connectivity index (χ0v) is 22.3. The molecule has 6 rings (SSSR count). The van der Waals surface area contributed by atoms with Gasteiger partial charge in [-0.05, 0) is 25.0 Å². The molecule has 0 radical (unpaired) electrons. The summed E-state index contributed by atoms with van der Waals surface area (Å²) in [4.78, 5) is 24.3. The number of aromatic nitrogens is 4.